The third-order valence-corrected chi connectivity index (χ3v) is 12.8. The van der Waals surface area contributed by atoms with E-state index in [1.807, 2.05) is 18.2 Å². The molecule has 4 aliphatic carbocycles. The summed E-state index contributed by atoms with van der Waals surface area (Å²) in [6.45, 7) is 12.6. The van der Waals surface area contributed by atoms with Crippen LogP contribution in [0.3, 0.4) is 0 Å². The summed E-state index contributed by atoms with van der Waals surface area (Å²) in [6, 6.07) is 14.4. The summed E-state index contributed by atoms with van der Waals surface area (Å²) in [6.07, 6.45) is 4.69. The molecule has 3 N–H and O–H groups in total. The van der Waals surface area contributed by atoms with Gasteiger partial charge in [-0.3, -0.25) is 9.59 Å². The second-order valence-corrected chi connectivity index (χ2v) is 14.6. The minimum absolute atomic E-state index is 0.00305. The number of benzene rings is 2. The van der Waals surface area contributed by atoms with E-state index in [4.69, 9.17) is 10.5 Å². The van der Waals surface area contributed by atoms with Gasteiger partial charge >= 0.3 is 5.97 Å². The number of aliphatic hydroxyl groups excluding tert-OH is 1. The van der Waals surface area contributed by atoms with Gasteiger partial charge in [-0.1, -0.05) is 64.1 Å². The minimum atomic E-state index is -0.451. The predicted molar refractivity (Wildman–Crippen MR) is 163 cm³/mol. The summed E-state index contributed by atoms with van der Waals surface area (Å²) < 4.78 is 6.12. The van der Waals surface area contributed by atoms with Crippen molar-refractivity contribution in [2.24, 2.45) is 45.7 Å². The van der Waals surface area contributed by atoms with Crippen molar-refractivity contribution in [3.63, 3.8) is 0 Å². The number of carbonyl (C=O) groups excluding carboxylic acids is 2. The van der Waals surface area contributed by atoms with E-state index in [0.717, 1.165) is 54.0 Å². The van der Waals surface area contributed by atoms with Gasteiger partial charge in [-0.05, 0) is 113 Å². The Hall–Kier alpha value is -2.50. The molecule has 2 aromatic carbocycles. The Morgan fingerprint density at radius 3 is 2.37 bits per heavy atom. The molecule has 0 spiro atoms. The largest absolute Gasteiger partial charge is 0.458 e. The van der Waals surface area contributed by atoms with Crippen molar-refractivity contribution >= 4 is 28.1 Å². The molecule has 4 aliphatic rings. The first-order chi connectivity index (χ1) is 19.3. The van der Waals surface area contributed by atoms with Gasteiger partial charge in [-0.15, -0.1) is 0 Å². The van der Waals surface area contributed by atoms with Crippen LogP contribution in [0.4, 0.5) is 0 Å². The molecule has 4 fully saturated rings. The van der Waals surface area contributed by atoms with Crippen molar-refractivity contribution in [3.05, 3.63) is 53.6 Å². The highest BCUT2D eigenvalue weighted by atomic mass is 16.5. The van der Waals surface area contributed by atoms with E-state index in [1.165, 1.54) is 6.92 Å². The van der Waals surface area contributed by atoms with Crippen molar-refractivity contribution in [2.75, 3.05) is 0 Å². The summed E-state index contributed by atoms with van der Waals surface area (Å²) in [5, 5.41) is 13.0. The summed E-state index contributed by atoms with van der Waals surface area (Å²) >= 11 is 0. The summed E-state index contributed by atoms with van der Waals surface area (Å²) in [7, 11) is 0. The number of carbonyl (C=O) groups is 2. The van der Waals surface area contributed by atoms with Crippen LogP contribution >= 0.6 is 0 Å². The zero-order valence-corrected chi connectivity index (χ0v) is 25.6. The van der Waals surface area contributed by atoms with Crippen molar-refractivity contribution < 1.29 is 19.4 Å². The van der Waals surface area contributed by atoms with Crippen molar-refractivity contribution in [1.29, 1.82) is 0 Å². The number of fused-ring (bicyclic) bond motifs is 6. The first-order valence-electron chi connectivity index (χ1n) is 15.7. The van der Waals surface area contributed by atoms with Gasteiger partial charge in [0.2, 0.25) is 0 Å². The molecule has 0 bridgehead atoms. The molecule has 2 aromatic rings. The van der Waals surface area contributed by atoms with E-state index in [9.17, 15) is 14.7 Å². The molecule has 0 amide bonds. The van der Waals surface area contributed by atoms with Gasteiger partial charge in [-0.25, -0.2) is 0 Å². The van der Waals surface area contributed by atoms with E-state index < -0.39 is 6.10 Å². The summed E-state index contributed by atoms with van der Waals surface area (Å²) in [5.74, 6) is 0.739. The van der Waals surface area contributed by atoms with Crippen LogP contribution in [0.15, 0.2) is 48.0 Å². The van der Waals surface area contributed by atoms with Gasteiger partial charge < -0.3 is 15.6 Å². The molecule has 4 saturated carbocycles. The molecule has 220 valence electrons. The number of hydrogen-bond acceptors (Lipinski definition) is 5. The molecule has 0 saturated heterocycles. The van der Waals surface area contributed by atoms with Crippen LogP contribution in [0.2, 0.25) is 0 Å². The Morgan fingerprint density at radius 2 is 1.68 bits per heavy atom. The number of ketones is 1. The Balaban J connectivity index is 1.52. The second-order valence-electron chi connectivity index (χ2n) is 14.6. The van der Waals surface area contributed by atoms with Gasteiger partial charge in [0.1, 0.15) is 6.10 Å². The number of Topliss-reactive ketones (excluding diaryl/α,β-unsaturated/α-hetero) is 1. The molecule has 10 atom stereocenters. The number of ether oxygens (including phenoxy) is 1. The van der Waals surface area contributed by atoms with Crippen molar-refractivity contribution in [1.82, 2.24) is 0 Å². The fraction of sp³-hybridized carbons (Fsp3) is 0.611. The third kappa shape index (κ3) is 4.09. The maximum absolute atomic E-state index is 13.6. The van der Waals surface area contributed by atoms with E-state index >= 15 is 0 Å². The molecule has 0 aliphatic heterocycles. The first kappa shape index (κ1) is 28.6. The predicted octanol–water partition coefficient (Wildman–Crippen LogP) is 6.70. The number of rotatable bonds is 3. The van der Waals surface area contributed by atoms with Gasteiger partial charge in [0.15, 0.2) is 5.78 Å². The highest BCUT2D eigenvalue weighted by Gasteiger charge is 2.70. The fourth-order valence-corrected chi connectivity index (χ4v) is 10.9. The number of aliphatic hydroxyl groups is 1. The highest BCUT2D eigenvalue weighted by Crippen LogP contribution is 2.74. The highest BCUT2D eigenvalue weighted by molar-refractivity contribution is 6.21. The average Bonchev–Trinajstić information content (AvgIpc) is 3.17. The third-order valence-electron chi connectivity index (χ3n) is 12.8. The Labute approximate surface area is 244 Å². The zero-order chi connectivity index (χ0) is 29.5. The maximum atomic E-state index is 13.6. The van der Waals surface area contributed by atoms with Crippen LogP contribution in [-0.4, -0.2) is 35.1 Å². The number of allylic oxidation sites excluding steroid dienone is 1. The van der Waals surface area contributed by atoms with Crippen LogP contribution in [0.1, 0.15) is 85.6 Å². The molecule has 6 rings (SSSR count). The van der Waals surface area contributed by atoms with Crippen LogP contribution < -0.4 is 5.73 Å². The molecule has 0 aromatic heterocycles. The van der Waals surface area contributed by atoms with Gasteiger partial charge in [-0.2, -0.15) is 0 Å². The Kier molecular flexibility index (Phi) is 6.82. The monoisotopic (exact) mass is 557 g/mol. The first-order valence-corrected chi connectivity index (χ1v) is 15.7. The lowest BCUT2D eigenvalue weighted by Crippen LogP contribution is -2.67. The smallest absolute Gasteiger partial charge is 0.303 e. The average molecular weight is 558 g/mol. The molecule has 0 unspecified atom stereocenters. The molecule has 0 radical (unpaired) electrons. The van der Waals surface area contributed by atoms with Gasteiger partial charge in [0.05, 0.1) is 6.10 Å². The van der Waals surface area contributed by atoms with Crippen molar-refractivity contribution in [3.8, 4) is 0 Å². The van der Waals surface area contributed by atoms with E-state index in [-0.39, 0.29) is 52.0 Å². The minimum Gasteiger partial charge on any atom is -0.458 e. The fourth-order valence-electron chi connectivity index (χ4n) is 10.9. The topological polar surface area (TPSA) is 89.6 Å². The molecule has 5 nitrogen and oxygen atoms in total. The lowest BCUT2D eigenvalue weighted by atomic mass is 9.36. The lowest BCUT2D eigenvalue weighted by molar-refractivity contribution is -0.204. The Bertz CT molecular complexity index is 1430. The standard InChI is InChI=1S/C36H47NO4/c1-20-26-13-16-35(5)33(34(26,4)15-14-29(20)40)28(37)18-27-32(30(41-22(3)39)19-36(27,35)6)31(21(2)38)25-12-11-23-9-7-8-10-24(23)17-25/h7-12,17,20,26-30,33,40H,13-16,18-19,37H2,1-6H3/b32-31+/t20-,26-,27-,28+,29+,30-,33-,34-,35-,36-/m0/s1. The number of esters is 1. The second kappa shape index (κ2) is 9.77. The van der Waals surface area contributed by atoms with Crippen LogP contribution in [0.25, 0.3) is 16.3 Å². The molecular weight excluding hydrogens is 510 g/mol. The number of hydrogen-bond donors (Lipinski definition) is 2. The van der Waals surface area contributed by atoms with Crippen LogP contribution in [0, 0.1) is 39.9 Å². The molecule has 5 heteroatoms. The number of nitrogens with two attached hydrogens (primary N) is 1. The maximum Gasteiger partial charge on any atom is 0.303 e. The molecule has 0 heterocycles. The molecular formula is C36H47NO4. The van der Waals surface area contributed by atoms with E-state index in [1.54, 1.807) is 6.92 Å². The van der Waals surface area contributed by atoms with Gasteiger partial charge in [0, 0.05) is 18.5 Å². The van der Waals surface area contributed by atoms with E-state index in [2.05, 4.69) is 52.0 Å². The summed E-state index contributed by atoms with van der Waals surface area (Å²) in [5.41, 5.74) is 9.61. The van der Waals surface area contributed by atoms with Crippen LogP contribution in [0.5, 0.6) is 0 Å². The van der Waals surface area contributed by atoms with Crippen molar-refractivity contribution in [2.45, 2.75) is 98.3 Å². The quantitative estimate of drug-likeness (QED) is 0.324. The summed E-state index contributed by atoms with van der Waals surface area (Å²) in [4.78, 5) is 26.1. The Morgan fingerprint density at radius 1 is 0.976 bits per heavy atom. The SMILES string of the molecule is CC(=O)O[C@H]1C[C@@]2(C)[C@@H](C[C@@H](N)[C@H]3[C@@]4(C)CC[C@@H](O)[C@@H](C)[C@@H]4CC[C@@]32C)/C1=C(/C(C)=O)c1ccc2ccccc2c1. The normalized spacial score (nSPS) is 43.1. The zero-order valence-electron chi connectivity index (χ0n) is 25.6. The molecule has 41 heavy (non-hydrogen) atoms. The van der Waals surface area contributed by atoms with Crippen LogP contribution in [-0.2, 0) is 14.3 Å². The van der Waals surface area contributed by atoms with Gasteiger partial charge in [0.25, 0.3) is 0 Å². The lowest BCUT2D eigenvalue weighted by Gasteiger charge is -2.69. The van der Waals surface area contributed by atoms with E-state index in [0.29, 0.717) is 23.8 Å².